The van der Waals surface area contributed by atoms with Gasteiger partial charge in [-0.1, -0.05) is 28.1 Å². The van der Waals surface area contributed by atoms with E-state index in [-0.39, 0.29) is 11.5 Å². The van der Waals surface area contributed by atoms with Crippen molar-refractivity contribution in [3.63, 3.8) is 0 Å². The van der Waals surface area contributed by atoms with Gasteiger partial charge < -0.3 is 9.47 Å². The predicted molar refractivity (Wildman–Crippen MR) is 63.3 cm³/mol. The van der Waals surface area contributed by atoms with Crippen molar-refractivity contribution in [2.45, 2.75) is 11.5 Å². The summed E-state index contributed by atoms with van der Waals surface area (Å²) in [5, 5.41) is -0.140. The van der Waals surface area contributed by atoms with Crippen molar-refractivity contribution >= 4 is 27.5 Å². The van der Waals surface area contributed by atoms with Crippen LogP contribution in [0.25, 0.3) is 0 Å². The van der Waals surface area contributed by atoms with Crippen LogP contribution in [0.5, 0.6) is 0 Å². The first-order valence-corrected chi connectivity index (χ1v) is 6.09. The average molecular weight is 292 g/mol. The molecule has 2 atom stereocenters. The molecule has 1 heterocycles. The minimum absolute atomic E-state index is 0.0402. The molecule has 82 valence electrons. The SMILES string of the molecule is ClC(c1ccc(Br)cc1)C1COCCO1. The Morgan fingerprint density at radius 2 is 2.00 bits per heavy atom. The summed E-state index contributed by atoms with van der Waals surface area (Å²) in [6, 6.07) is 7.96. The van der Waals surface area contributed by atoms with E-state index in [0.29, 0.717) is 19.8 Å². The highest BCUT2D eigenvalue weighted by atomic mass is 79.9. The third kappa shape index (κ3) is 2.94. The Morgan fingerprint density at radius 1 is 1.27 bits per heavy atom. The molecule has 0 radical (unpaired) electrons. The lowest BCUT2D eigenvalue weighted by molar-refractivity contribution is -0.0892. The molecule has 4 heteroatoms. The van der Waals surface area contributed by atoms with E-state index in [2.05, 4.69) is 15.9 Å². The van der Waals surface area contributed by atoms with Crippen molar-refractivity contribution in [2.75, 3.05) is 19.8 Å². The summed E-state index contributed by atoms with van der Waals surface area (Å²) in [5.41, 5.74) is 1.07. The number of alkyl halides is 1. The molecule has 1 fully saturated rings. The van der Waals surface area contributed by atoms with Crippen LogP contribution in [-0.4, -0.2) is 25.9 Å². The van der Waals surface area contributed by atoms with Gasteiger partial charge in [-0.25, -0.2) is 0 Å². The lowest BCUT2D eigenvalue weighted by atomic mass is 10.1. The molecule has 1 aliphatic rings. The highest BCUT2D eigenvalue weighted by Crippen LogP contribution is 2.28. The molecular weight excluding hydrogens is 279 g/mol. The van der Waals surface area contributed by atoms with E-state index < -0.39 is 0 Å². The second kappa shape index (κ2) is 5.30. The Labute approximate surface area is 103 Å². The number of benzene rings is 1. The number of rotatable bonds is 2. The number of hydrogen-bond acceptors (Lipinski definition) is 2. The van der Waals surface area contributed by atoms with Crippen LogP contribution in [0.3, 0.4) is 0 Å². The van der Waals surface area contributed by atoms with Crippen LogP contribution < -0.4 is 0 Å². The molecule has 0 spiro atoms. The van der Waals surface area contributed by atoms with Gasteiger partial charge in [0, 0.05) is 4.47 Å². The number of halogens is 2. The highest BCUT2D eigenvalue weighted by Gasteiger charge is 2.24. The van der Waals surface area contributed by atoms with Crippen molar-refractivity contribution in [3.8, 4) is 0 Å². The fraction of sp³-hybridized carbons (Fsp3) is 0.455. The summed E-state index contributed by atoms with van der Waals surface area (Å²) in [7, 11) is 0. The topological polar surface area (TPSA) is 18.5 Å². The molecule has 0 aromatic heterocycles. The first-order valence-electron chi connectivity index (χ1n) is 4.86. The Balaban J connectivity index is 2.05. The maximum atomic E-state index is 6.32. The molecule has 1 aliphatic heterocycles. The Hall–Kier alpha value is -0.0900. The summed E-state index contributed by atoms with van der Waals surface area (Å²) in [6.07, 6.45) is -0.0402. The molecule has 2 rings (SSSR count). The smallest absolute Gasteiger partial charge is 0.101 e. The predicted octanol–water partition coefficient (Wildman–Crippen LogP) is 3.14. The van der Waals surface area contributed by atoms with E-state index in [1.165, 1.54) is 0 Å². The zero-order valence-electron chi connectivity index (χ0n) is 8.16. The van der Waals surface area contributed by atoms with Crippen molar-refractivity contribution in [1.29, 1.82) is 0 Å². The quantitative estimate of drug-likeness (QED) is 0.779. The molecule has 15 heavy (non-hydrogen) atoms. The molecular formula is C11H12BrClO2. The molecule has 0 aliphatic carbocycles. The van der Waals surface area contributed by atoms with E-state index in [1.807, 2.05) is 24.3 Å². The van der Waals surface area contributed by atoms with Crippen molar-refractivity contribution in [2.24, 2.45) is 0 Å². The van der Waals surface area contributed by atoms with E-state index in [0.717, 1.165) is 10.0 Å². The van der Waals surface area contributed by atoms with Gasteiger partial charge in [-0.15, -0.1) is 11.6 Å². The first-order chi connectivity index (χ1) is 7.27. The summed E-state index contributed by atoms with van der Waals surface area (Å²) in [5.74, 6) is 0. The minimum atomic E-state index is -0.140. The van der Waals surface area contributed by atoms with Crippen LogP contribution in [0.1, 0.15) is 10.9 Å². The van der Waals surface area contributed by atoms with Crippen LogP contribution in [0.15, 0.2) is 28.7 Å². The zero-order valence-corrected chi connectivity index (χ0v) is 10.5. The monoisotopic (exact) mass is 290 g/mol. The summed E-state index contributed by atoms with van der Waals surface area (Å²) < 4.78 is 11.9. The van der Waals surface area contributed by atoms with E-state index in [1.54, 1.807) is 0 Å². The summed E-state index contributed by atoms with van der Waals surface area (Å²) >= 11 is 9.71. The van der Waals surface area contributed by atoms with Gasteiger partial charge in [0.25, 0.3) is 0 Å². The summed E-state index contributed by atoms with van der Waals surface area (Å²) in [6.45, 7) is 1.87. The van der Waals surface area contributed by atoms with E-state index >= 15 is 0 Å². The number of hydrogen-bond donors (Lipinski definition) is 0. The second-order valence-corrected chi connectivity index (χ2v) is 4.82. The third-order valence-electron chi connectivity index (χ3n) is 2.36. The first kappa shape index (κ1) is 11.4. The fourth-order valence-corrected chi connectivity index (χ4v) is 2.09. The van der Waals surface area contributed by atoms with Gasteiger partial charge in [-0.05, 0) is 17.7 Å². The average Bonchev–Trinajstić information content (AvgIpc) is 2.30. The molecule has 0 N–H and O–H groups in total. The van der Waals surface area contributed by atoms with Crippen LogP contribution >= 0.6 is 27.5 Å². The summed E-state index contributed by atoms with van der Waals surface area (Å²) in [4.78, 5) is 0. The van der Waals surface area contributed by atoms with Gasteiger partial charge in [0.2, 0.25) is 0 Å². The Kier molecular flexibility index (Phi) is 4.03. The number of ether oxygens (including phenoxy) is 2. The van der Waals surface area contributed by atoms with Crippen LogP contribution in [0.2, 0.25) is 0 Å². The van der Waals surface area contributed by atoms with Crippen LogP contribution in [0.4, 0.5) is 0 Å². The molecule has 1 aromatic rings. The van der Waals surface area contributed by atoms with Crippen LogP contribution in [-0.2, 0) is 9.47 Å². The van der Waals surface area contributed by atoms with Crippen molar-refractivity contribution in [1.82, 2.24) is 0 Å². The van der Waals surface area contributed by atoms with Gasteiger partial charge in [0.05, 0.1) is 25.2 Å². The maximum absolute atomic E-state index is 6.32. The molecule has 0 saturated carbocycles. The molecule has 1 aromatic carbocycles. The normalized spacial score (nSPS) is 23.7. The van der Waals surface area contributed by atoms with Gasteiger partial charge in [0.1, 0.15) is 6.10 Å². The standard InChI is InChI=1S/C11H12BrClO2/c12-9-3-1-8(2-4-9)11(13)10-7-14-5-6-15-10/h1-4,10-11H,5-7H2. The van der Waals surface area contributed by atoms with Crippen molar-refractivity contribution in [3.05, 3.63) is 34.3 Å². The Bertz CT molecular complexity index is 309. The molecule has 0 amide bonds. The zero-order chi connectivity index (χ0) is 10.7. The molecule has 2 nitrogen and oxygen atoms in total. The molecule has 1 saturated heterocycles. The lowest BCUT2D eigenvalue weighted by Gasteiger charge is -2.26. The fourth-order valence-electron chi connectivity index (χ4n) is 1.54. The van der Waals surface area contributed by atoms with Crippen molar-refractivity contribution < 1.29 is 9.47 Å². The molecule has 0 bridgehead atoms. The largest absolute Gasteiger partial charge is 0.376 e. The lowest BCUT2D eigenvalue weighted by Crippen LogP contribution is -2.31. The second-order valence-electron chi connectivity index (χ2n) is 3.44. The van der Waals surface area contributed by atoms with Gasteiger partial charge in [-0.3, -0.25) is 0 Å². The van der Waals surface area contributed by atoms with Gasteiger partial charge in [-0.2, -0.15) is 0 Å². The minimum Gasteiger partial charge on any atom is -0.376 e. The van der Waals surface area contributed by atoms with E-state index in [4.69, 9.17) is 21.1 Å². The highest BCUT2D eigenvalue weighted by molar-refractivity contribution is 9.10. The van der Waals surface area contributed by atoms with Gasteiger partial charge in [0.15, 0.2) is 0 Å². The molecule has 2 unspecified atom stereocenters. The van der Waals surface area contributed by atoms with Crippen LogP contribution in [0, 0.1) is 0 Å². The Morgan fingerprint density at radius 3 is 2.60 bits per heavy atom. The van der Waals surface area contributed by atoms with E-state index in [9.17, 15) is 0 Å². The van der Waals surface area contributed by atoms with Gasteiger partial charge >= 0.3 is 0 Å². The third-order valence-corrected chi connectivity index (χ3v) is 3.42. The maximum Gasteiger partial charge on any atom is 0.101 e.